The fourth-order valence-electron chi connectivity index (χ4n) is 4.04. The molecule has 0 bridgehead atoms. The number of rotatable bonds is 4. The molecule has 134 valence electrons. The van der Waals surface area contributed by atoms with Gasteiger partial charge in [0.1, 0.15) is 0 Å². The van der Waals surface area contributed by atoms with E-state index in [9.17, 15) is 9.59 Å². The van der Waals surface area contributed by atoms with Crippen LogP contribution in [0.2, 0.25) is 0 Å². The van der Waals surface area contributed by atoms with Crippen LogP contribution in [0.15, 0.2) is 48.8 Å². The molecule has 2 heterocycles. The molecule has 1 spiro atoms. The molecule has 2 atom stereocenters. The van der Waals surface area contributed by atoms with Crippen LogP contribution in [0.25, 0.3) is 0 Å². The third-order valence-electron chi connectivity index (χ3n) is 5.74. The fraction of sp³-hybridized carbons (Fsp3) is 0.381. The van der Waals surface area contributed by atoms with Crippen LogP contribution in [0.3, 0.4) is 0 Å². The van der Waals surface area contributed by atoms with E-state index in [1.165, 1.54) is 0 Å². The Labute approximate surface area is 153 Å². The van der Waals surface area contributed by atoms with Crippen molar-refractivity contribution in [2.45, 2.75) is 26.3 Å². The van der Waals surface area contributed by atoms with E-state index in [0.29, 0.717) is 13.1 Å². The largest absolute Gasteiger partial charge is 0.352 e. The van der Waals surface area contributed by atoms with Gasteiger partial charge in [0.15, 0.2) is 0 Å². The van der Waals surface area contributed by atoms with Crippen LogP contribution in [-0.2, 0) is 11.3 Å². The first-order valence-electron chi connectivity index (χ1n) is 9.11. The van der Waals surface area contributed by atoms with Gasteiger partial charge in [0.25, 0.3) is 5.91 Å². The lowest BCUT2D eigenvalue weighted by Crippen LogP contribution is -2.31. The average molecular weight is 349 g/mol. The lowest BCUT2D eigenvalue weighted by Gasteiger charge is -2.18. The number of likely N-dealkylation sites (tertiary alicyclic amines) is 1. The maximum atomic E-state index is 12.8. The average Bonchev–Trinajstić information content (AvgIpc) is 3.20. The lowest BCUT2D eigenvalue weighted by atomic mass is 10.0. The van der Waals surface area contributed by atoms with Gasteiger partial charge in [-0.2, -0.15) is 0 Å². The number of nitrogens with zero attached hydrogens (tertiary/aromatic N) is 2. The van der Waals surface area contributed by atoms with E-state index in [4.69, 9.17) is 0 Å². The summed E-state index contributed by atoms with van der Waals surface area (Å²) >= 11 is 0. The molecule has 2 amide bonds. The van der Waals surface area contributed by atoms with Crippen LogP contribution in [0.5, 0.6) is 0 Å². The van der Waals surface area contributed by atoms with Gasteiger partial charge in [0.05, 0.1) is 0 Å². The predicted molar refractivity (Wildman–Crippen MR) is 98.3 cm³/mol. The molecule has 4 rings (SSSR count). The van der Waals surface area contributed by atoms with Gasteiger partial charge < -0.3 is 10.2 Å². The second kappa shape index (κ2) is 6.56. The van der Waals surface area contributed by atoms with Crippen LogP contribution in [0, 0.1) is 18.3 Å². The number of amides is 2. The van der Waals surface area contributed by atoms with E-state index in [1.807, 2.05) is 48.2 Å². The Hall–Kier alpha value is -2.69. The summed E-state index contributed by atoms with van der Waals surface area (Å²) in [5.74, 6) is 0.203. The van der Waals surface area contributed by atoms with Gasteiger partial charge in [-0.25, -0.2) is 0 Å². The predicted octanol–water partition coefficient (Wildman–Crippen LogP) is 2.56. The summed E-state index contributed by atoms with van der Waals surface area (Å²) in [7, 11) is 0. The van der Waals surface area contributed by atoms with Gasteiger partial charge >= 0.3 is 0 Å². The van der Waals surface area contributed by atoms with E-state index in [2.05, 4.69) is 10.3 Å². The Bertz CT molecular complexity index is 836. The zero-order valence-corrected chi connectivity index (χ0v) is 14.9. The summed E-state index contributed by atoms with van der Waals surface area (Å²) in [6, 6.07) is 11.5. The fourth-order valence-corrected chi connectivity index (χ4v) is 4.04. The number of benzene rings is 1. The van der Waals surface area contributed by atoms with Crippen molar-refractivity contribution < 1.29 is 9.59 Å². The normalized spacial score (nSPS) is 23.9. The minimum atomic E-state index is -0.0165. The van der Waals surface area contributed by atoms with Gasteiger partial charge in [0, 0.05) is 48.9 Å². The van der Waals surface area contributed by atoms with Crippen molar-refractivity contribution in [1.29, 1.82) is 0 Å². The molecule has 2 aliphatic rings. The number of carbonyl (C=O) groups is 2. The quantitative estimate of drug-likeness (QED) is 0.923. The number of nitrogens with one attached hydrogen (secondary N) is 1. The molecule has 1 aromatic carbocycles. The molecule has 1 N–H and O–H groups in total. The molecule has 5 heteroatoms. The molecular weight excluding hydrogens is 326 g/mol. The van der Waals surface area contributed by atoms with Gasteiger partial charge in [-0.1, -0.05) is 24.3 Å². The first-order chi connectivity index (χ1) is 12.6. The minimum absolute atomic E-state index is 0.0165. The molecule has 0 radical (unpaired) electrons. The monoisotopic (exact) mass is 349 g/mol. The van der Waals surface area contributed by atoms with E-state index in [-0.39, 0.29) is 23.1 Å². The van der Waals surface area contributed by atoms with E-state index in [0.717, 1.165) is 36.1 Å². The third-order valence-corrected chi connectivity index (χ3v) is 5.74. The van der Waals surface area contributed by atoms with Crippen molar-refractivity contribution in [3.63, 3.8) is 0 Å². The van der Waals surface area contributed by atoms with Gasteiger partial charge in [-0.15, -0.1) is 0 Å². The molecule has 0 unspecified atom stereocenters. The second-order valence-electron chi connectivity index (χ2n) is 7.49. The molecule has 5 nitrogen and oxygen atoms in total. The molecule has 2 aromatic rings. The van der Waals surface area contributed by atoms with E-state index >= 15 is 0 Å². The summed E-state index contributed by atoms with van der Waals surface area (Å²) in [5, 5.41) is 3.01. The Balaban J connectivity index is 1.35. The van der Waals surface area contributed by atoms with E-state index in [1.54, 1.807) is 12.4 Å². The number of hydrogen-bond acceptors (Lipinski definition) is 3. The highest BCUT2D eigenvalue weighted by Gasteiger charge is 2.61. The maximum Gasteiger partial charge on any atom is 0.254 e. The number of pyridine rings is 1. The molecule has 26 heavy (non-hydrogen) atoms. The molecule has 1 saturated heterocycles. The number of carbonyl (C=O) groups excluding carboxylic acids is 2. The van der Waals surface area contributed by atoms with Crippen LogP contribution < -0.4 is 5.32 Å². The topological polar surface area (TPSA) is 62.3 Å². The number of aryl methyl sites for hydroxylation is 1. The van der Waals surface area contributed by atoms with Crippen molar-refractivity contribution in [1.82, 2.24) is 15.2 Å². The van der Waals surface area contributed by atoms with Crippen molar-refractivity contribution in [2.24, 2.45) is 11.3 Å². The first-order valence-corrected chi connectivity index (χ1v) is 9.11. The molecule has 1 aromatic heterocycles. The standard InChI is InChI=1S/C21H23N3O2/c1-15-5-2-3-7-17(15)20(26)24-10-8-21(14-24)11-18(21)19(25)23-13-16-6-4-9-22-12-16/h2-7,9,12,18H,8,10-11,13-14H2,1H3,(H,23,25)/t18-,21-/m0/s1. The van der Waals surface area contributed by atoms with Crippen LogP contribution in [-0.4, -0.2) is 34.8 Å². The summed E-state index contributed by atoms with van der Waals surface area (Å²) in [6.07, 6.45) is 5.28. The van der Waals surface area contributed by atoms with Gasteiger partial charge in [-0.3, -0.25) is 14.6 Å². The highest BCUT2D eigenvalue weighted by Crippen LogP contribution is 2.58. The lowest BCUT2D eigenvalue weighted by molar-refractivity contribution is -0.123. The SMILES string of the molecule is Cc1ccccc1C(=O)N1CC[C@]2(C[C@H]2C(=O)NCc2cccnc2)C1. The van der Waals surface area contributed by atoms with Crippen LogP contribution >= 0.6 is 0 Å². The smallest absolute Gasteiger partial charge is 0.254 e. The van der Waals surface area contributed by atoms with Crippen LogP contribution in [0.4, 0.5) is 0 Å². The summed E-state index contributed by atoms with van der Waals surface area (Å²) < 4.78 is 0. The van der Waals surface area contributed by atoms with Crippen molar-refractivity contribution in [3.8, 4) is 0 Å². The Kier molecular flexibility index (Phi) is 4.23. The van der Waals surface area contributed by atoms with E-state index < -0.39 is 0 Å². The maximum absolute atomic E-state index is 12.8. The highest BCUT2D eigenvalue weighted by molar-refractivity contribution is 5.96. The summed E-state index contributed by atoms with van der Waals surface area (Å²) in [4.78, 5) is 31.3. The first kappa shape index (κ1) is 16.8. The van der Waals surface area contributed by atoms with Gasteiger partial charge in [0.2, 0.25) is 5.91 Å². The number of aromatic nitrogens is 1. The number of hydrogen-bond donors (Lipinski definition) is 1. The van der Waals surface area contributed by atoms with Crippen molar-refractivity contribution in [3.05, 3.63) is 65.5 Å². The van der Waals surface area contributed by atoms with Crippen LogP contribution in [0.1, 0.15) is 34.3 Å². The second-order valence-corrected chi connectivity index (χ2v) is 7.49. The highest BCUT2D eigenvalue weighted by atomic mass is 16.2. The van der Waals surface area contributed by atoms with Crippen molar-refractivity contribution in [2.75, 3.05) is 13.1 Å². The zero-order chi connectivity index (χ0) is 18.1. The summed E-state index contributed by atoms with van der Waals surface area (Å²) in [6.45, 7) is 3.89. The third kappa shape index (κ3) is 3.09. The molecule has 2 fully saturated rings. The molecule has 1 saturated carbocycles. The molecule has 1 aliphatic heterocycles. The Morgan fingerprint density at radius 3 is 2.88 bits per heavy atom. The van der Waals surface area contributed by atoms with Crippen molar-refractivity contribution >= 4 is 11.8 Å². The zero-order valence-electron chi connectivity index (χ0n) is 14.9. The molecular formula is C21H23N3O2. The van der Waals surface area contributed by atoms with Gasteiger partial charge in [-0.05, 0) is 43.0 Å². The summed E-state index contributed by atoms with van der Waals surface area (Å²) in [5.41, 5.74) is 2.75. The minimum Gasteiger partial charge on any atom is -0.352 e. The molecule has 1 aliphatic carbocycles. The Morgan fingerprint density at radius 1 is 1.27 bits per heavy atom. The Morgan fingerprint density at radius 2 is 2.12 bits per heavy atom.